The Kier molecular flexibility index (Phi) is 5.71. The van der Waals surface area contributed by atoms with Crippen molar-refractivity contribution in [3.63, 3.8) is 0 Å². The molecule has 11 heteroatoms. The number of nitrogens with one attached hydrogen (secondary N) is 1. The van der Waals surface area contributed by atoms with Crippen LogP contribution in [0, 0.1) is 5.92 Å². The maximum Gasteiger partial charge on any atom is 0.264 e. The Hall–Kier alpha value is -4.09. The first-order valence-electron chi connectivity index (χ1n) is 13.1. The van der Waals surface area contributed by atoms with Crippen LogP contribution in [0.3, 0.4) is 0 Å². The van der Waals surface area contributed by atoms with Crippen molar-refractivity contribution in [3.05, 3.63) is 70.9 Å². The van der Waals surface area contributed by atoms with E-state index >= 15 is 0 Å². The molecule has 10 nitrogen and oxygen atoms in total. The smallest absolute Gasteiger partial charge is 0.264 e. The number of hydrogen-bond acceptors (Lipinski definition) is 8. The molecular formula is C28H27N7O3S. The number of likely N-dealkylation sites (tertiary alicyclic amines) is 1. The summed E-state index contributed by atoms with van der Waals surface area (Å²) in [5, 5.41) is 19.4. The van der Waals surface area contributed by atoms with E-state index in [0.29, 0.717) is 37.0 Å². The summed E-state index contributed by atoms with van der Waals surface area (Å²) in [6, 6.07) is 13.8. The number of hydrogen-bond donors (Lipinski definition) is 2. The van der Waals surface area contributed by atoms with Gasteiger partial charge in [0.25, 0.3) is 5.56 Å². The van der Waals surface area contributed by atoms with Crippen molar-refractivity contribution in [3.8, 4) is 5.69 Å². The second-order valence-corrected chi connectivity index (χ2v) is 11.4. The molecule has 3 aromatic heterocycles. The summed E-state index contributed by atoms with van der Waals surface area (Å²) in [6.45, 7) is 1.16. The fraction of sp³-hybridized carbons (Fsp3) is 0.321. The number of benzene rings is 2. The number of rotatable bonds is 6. The van der Waals surface area contributed by atoms with E-state index in [0.717, 1.165) is 40.1 Å². The molecule has 2 aliphatic rings. The van der Waals surface area contributed by atoms with Gasteiger partial charge in [0.2, 0.25) is 5.91 Å². The number of amides is 1. The standard InChI is InChI=1S/C28H27N7O3S/c36-26(18-1-2-18)33-11-9-28(38,10-12-33)15-34-16-29-25-22(27(34)37)14-31-35(25)21-6-3-19(4-7-21)32-20-5-8-23-24(13-20)39-17-30-23/h3-8,13-14,16-18,32,38H,1-2,9-12,15H2. The van der Waals surface area contributed by atoms with Crippen LogP contribution >= 0.6 is 11.3 Å². The van der Waals surface area contributed by atoms with Crippen molar-refractivity contribution in [1.82, 2.24) is 29.2 Å². The summed E-state index contributed by atoms with van der Waals surface area (Å²) in [5.41, 5.74) is 4.67. The highest BCUT2D eigenvalue weighted by molar-refractivity contribution is 7.16. The highest BCUT2D eigenvalue weighted by Crippen LogP contribution is 2.33. The van der Waals surface area contributed by atoms with E-state index in [1.54, 1.807) is 16.0 Å². The number of thiazole rings is 1. The third-order valence-electron chi connectivity index (χ3n) is 7.68. The molecule has 198 valence electrons. The van der Waals surface area contributed by atoms with Crippen LogP contribution in [-0.4, -0.2) is 58.9 Å². The van der Waals surface area contributed by atoms with Gasteiger partial charge in [-0.05, 0) is 68.1 Å². The van der Waals surface area contributed by atoms with Gasteiger partial charge >= 0.3 is 0 Å². The summed E-state index contributed by atoms with van der Waals surface area (Å²) in [5.74, 6) is 0.375. The van der Waals surface area contributed by atoms with Gasteiger partial charge in [0, 0.05) is 30.4 Å². The predicted molar refractivity (Wildman–Crippen MR) is 150 cm³/mol. The van der Waals surface area contributed by atoms with E-state index < -0.39 is 5.60 Å². The van der Waals surface area contributed by atoms with E-state index in [2.05, 4.69) is 26.4 Å². The van der Waals surface area contributed by atoms with Crippen LogP contribution in [0.1, 0.15) is 25.7 Å². The Labute approximate surface area is 227 Å². The molecule has 1 amide bonds. The van der Waals surface area contributed by atoms with Crippen LogP contribution in [0.25, 0.3) is 26.9 Å². The second kappa shape index (κ2) is 9.28. The van der Waals surface area contributed by atoms with Gasteiger partial charge in [0.1, 0.15) is 11.7 Å². The summed E-state index contributed by atoms with van der Waals surface area (Å²) in [4.78, 5) is 36.3. The first-order valence-corrected chi connectivity index (χ1v) is 14.0. The van der Waals surface area contributed by atoms with Crippen LogP contribution in [0.4, 0.5) is 11.4 Å². The van der Waals surface area contributed by atoms with Crippen LogP contribution in [0.15, 0.2) is 65.3 Å². The molecule has 2 fully saturated rings. The van der Waals surface area contributed by atoms with Gasteiger partial charge in [-0.25, -0.2) is 14.6 Å². The average Bonchev–Trinajstić information content (AvgIpc) is 3.53. The zero-order valence-electron chi connectivity index (χ0n) is 21.2. The number of nitrogens with zero attached hydrogens (tertiary/aromatic N) is 6. The zero-order chi connectivity index (χ0) is 26.6. The molecular weight excluding hydrogens is 514 g/mol. The molecule has 2 N–H and O–H groups in total. The molecule has 0 unspecified atom stereocenters. The van der Waals surface area contributed by atoms with Gasteiger partial charge in [0.05, 0.1) is 39.8 Å². The SMILES string of the molecule is O=C(C1CC1)N1CCC(O)(Cn2cnc3c(cnn3-c3ccc(Nc4ccc5ncsc5c4)cc3)c2=O)CC1. The van der Waals surface area contributed by atoms with Crippen molar-refractivity contribution in [2.45, 2.75) is 37.8 Å². The van der Waals surface area contributed by atoms with Gasteiger partial charge in [-0.3, -0.25) is 14.2 Å². The number of anilines is 2. The number of carbonyl (C=O) groups is 1. The number of carbonyl (C=O) groups excluding carboxylic acids is 1. The quantitative estimate of drug-likeness (QED) is 0.337. The minimum atomic E-state index is -1.05. The molecule has 0 atom stereocenters. The Balaban J connectivity index is 1.07. The average molecular weight is 542 g/mol. The van der Waals surface area contributed by atoms with E-state index in [1.165, 1.54) is 17.1 Å². The van der Waals surface area contributed by atoms with Gasteiger partial charge in [-0.1, -0.05) is 0 Å². The largest absolute Gasteiger partial charge is 0.388 e. The molecule has 0 spiro atoms. The molecule has 0 radical (unpaired) electrons. The summed E-state index contributed by atoms with van der Waals surface area (Å²) in [6.07, 6.45) is 5.83. The van der Waals surface area contributed by atoms with Gasteiger partial charge < -0.3 is 15.3 Å². The lowest BCUT2D eigenvalue weighted by Crippen LogP contribution is -2.50. The predicted octanol–water partition coefficient (Wildman–Crippen LogP) is 3.70. The number of piperidine rings is 1. The highest BCUT2D eigenvalue weighted by Gasteiger charge is 2.39. The first-order chi connectivity index (χ1) is 19.0. The van der Waals surface area contributed by atoms with Gasteiger partial charge in [-0.2, -0.15) is 5.10 Å². The Bertz CT molecular complexity index is 1740. The van der Waals surface area contributed by atoms with Crippen molar-refractivity contribution in [2.75, 3.05) is 18.4 Å². The number of fused-ring (bicyclic) bond motifs is 2. The van der Waals surface area contributed by atoms with Crippen molar-refractivity contribution < 1.29 is 9.90 Å². The monoisotopic (exact) mass is 541 g/mol. The molecule has 2 aromatic carbocycles. The second-order valence-electron chi connectivity index (χ2n) is 10.5. The number of aromatic nitrogens is 5. The van der Waals surface area contributed by atoms with E-state index in [1.807, 2.05) is 46.8 Å². The zero-order valence-corrected chi connectivity index (χ0v) is 22.0. The van der Waals surface area contributed by atoms with E-state index in [9.17, 15) is 14.7 Å². The molecule has 1 aliphatic heterocycles. The first kappa shape index (κ1) is 24.0. The third-order valence-corrected chi connectivity index (χ3v) is 8.48. The van der Waals surface area contributed by atoms with Crippen LogP contribution < -0.4 is 10.9 Å². The molecule has 39 heavy (non-hydrogen) atoms. The van der Waals surface area contributed by atoms with Gasteiger partial charge in [-0.15, -0.1) is 11.3 Å². The maximum absolute atomic E-state index is 13.3. The molecule has 4 heterocycles. The molecule has 5 aromatic rings. The molecule has 1 aliphatic carbocycles. The van der Waals surface area contributed by atoms with Gasteiger partial charge in [0.15, 0.2) is 5.65 Å². The minimum Gasteiger partial charge on any atom is -0.388 e. The topological polar surface area (TPSA) is 118 Å². The lowest BCUT2D eigenvalue weighted by molar-refractivity contribution is -0.137. The van der Waals surface area contributed by atoms with Crippen molar-refractivity contribution in [2.24, 2.45) is 5.92 Å². The molecule has 1 saturated carbocycles. The molecule has 7 rings (SSSR count). The van der Waals surface area contributed by atoms with E-state index in [-0.39, 0.29) is 23.9 Å². The van der Waals surface area contributed by atoms with E-state index in [4.69, 9.17) is 0 Å². The minimum absolute atomic E-state index is 0.138. The van der Waals surface area contributed by atoms with Crippen molar-refractivity contribution in [1.29, 1.82) is 0 Å². The summed E-state index contributed by atoms with van der Waals surface area (Å²) < 4.78 is 4.22. The normalized spacial score (nSPS) is 17.1. The Morgan fingerprint density at radius 2 is 1.85 bits per heavy atom. The third kappa shape index (κ3) is 4.57. The highest BCUT2D eigenvalue weighted by atomic mass is 32.1. The summed E-state index contributed by atoms with van der Waals surface area (Å²) >= 11 is 1.60. The molecule has 1 saturated heterocycles. The lowest BCUT2D eigenvalue weighted by Gasteiger charge is -2.38. The fourth-order valence-electron chi connectivity index (χ4n) is 5.24. The van der Waals surface area contributed by atoms with Crippen LogP contribution in [-0.2, 0) is 11.3 Å². The fourth-order valence-corrected chi connectivity index (χ4v) is 5.96. The Morgan fingerprint density at radius 3 is 2.62 bits per heavy atom. The maximum atomic E-state index is 13.3. The van der Waals surface area contributed by atoms with Crippen LogP contribution in [0.5, 0.6) is 0 Å². The lowest BCUT2D eigenvalue weighted by atomic mass is 9.91. The summed E-state index contributed by atoms with van der Waals surface area (Å²) in [7, 11) is 0. The molecule has 0 bridgehead atoms. The van der Waals surface area contributed by atoms with Crippen molar-refractivity contribution >= 4 is 49.9 Å². The van der Waals surface area contributed by atoms with Crippen LogP contribution in [0.2, 0.25) is 0 Å². The number of aliphatic hydroxyl groups is 1. The Morgan fingerprint density at radius 1 is 1.08 bits per heavy atom.